The van der Waals surface area contributed by atoms with Crippen LogP contribution >= 0.6 is 0 Å². The van der Waals surface area contributed by atoms with Crippen LogP contribution < -0.4 is 15.4 Å². The van der Waals surface area contributed by atoms with Crippen LogP contribution in [-0.2, 0) is 4.79 Å². The zero-order valence-corrected chi connectivity index (χ0v) is 14.9. The predicted octanol–water partition coefficient (Wildman–Crippen LogP) is 1.25. The van der Waals surface area contributed by atoms with E-state index in [9.17, 15) is 4.79 Å². The molecule has 2 rings (SSSR count). The van der Waals surface area contributed by atoms with Crippen molar-refractivity contribution in [2.75, 3.05) is 65.3 Å². The number of ether oxygens (including phenoxy) is 1. The van der Waals surface area contributed by atoms with Crippen LogP contribution in [0.15, 0.2) is 24.3 Å². The van der Waals surface area contributed by atoms with Crippen molar-refractivity contribution in [1.29, 1.82) is 0 Å². The molecule has 1 aromatic rings. The molecule has 1 fully saturated rings. The van der Waals surface area contributed by atoms with Gasteiger partial charge in [-0.3, -0.25) is 9.69 Å². The third kappa shape index (κ3) is 6.86. The molecule has 2 N–H and O–H groups in total. The molecule has 0 aromatic heterocycles. The number of nitrogens with one attached hydrogen (secondary N) is 2. The van der Waals surface area contributed by atoms with E-state index in [-0.39, 0.29) is 5.91 Å². The van der Waals surface area contributed by atoms with Gasteiger partial charge in [-0.15, -0.1) is 0 Å². The molecule has 0 aliphatic carbocycles. The van der Waals surface area contributed by atoms with Crippen LogP contribution in [0.2, 0.25) is 0 Å². The molecule has 1 amide bonds. The van der Waals surface area contributed by atoms with Crippen LogP contribution in [0.5, 0.6) is 5.75 Å². The highest BCUT2D eigenvalue weighted by Crippen LogP contribution is 2.16. The number of hydrogen-bond acceptors (Lipinski definition) is 5. The van der Waals surface area contributed by atoms with Gasteiger partial charge >= 0.3 is 0 Å². The predicted molar refractivity (Wildman–Crippen MR) is 97.7 cm³/mol. The van der Waals surface area contributed by atoms with E-state index in [1.165, 1.54) is 0 Å². The number of benzene rings is 1. The van der Waals surface area contributed by atoms with Crippen molar-refractivity contribution in [3.63, 3.8) is 0 Å². The normalized spacial score (nSPS) is 16.1. The van der Waals surface area contributed by atoms with Crippen molar-refractivity contribution in [1.82, 2.24) is 15.1 Å². The van der Waals surface area contributed by atoms with E-state index in [1.54, 1.807) is 0 Å². The minimum absolute atomic E-state index is 0.0500. The minimum Gasteiger partial charge on any atom is -0.492 e. The number of nitrogens with zero attached hydrogens (tertiary/aromatic N) is 2. The summed E-state index contributed by atoms with van der Waals surface area (Å²) in [7, 11) is 4.05. The molecule has 1 aliphatic heterocycles. The molecule has 0 bridgehead atoms. The smallest absolute Gasteiger partial charge is 0.224 e. The third-order valence-corrected chi connectivity index (χ3v) is 4.24. The van der Waals surface area contributed by atoms with E-state index in [0.717, 1.165) is 57.1 Å². The fraction of sp³-hybridized carbons (Fsp3) is 0.611. The second-order valence-electron chi connectivity index (χ2n) is 6.27. The van der Waals surface area contributed by atoms with Crippen LogP contribution in [0, 0.1) is 0 Å². The van der Waals surface area contributed by atoms with Crippen molar-refractivity contribution in [2.45, 2.75) is 12.8 Å². The van der Waals surface area contributed by atoms with Gasteiger partial charge in [0.25, 0.3) is 0 Å². The van der Waals surface area contributed by atoms with E-state index >= 15 is 0 Å². The molecule has 0 saturated carbocycles. The summed E-state index contributed by atoms with van der Waals surface area (Å²) >= 11 is 0. The summed E-state index contributed by atoms with van der Waals surface area (Å²) in [5.74, 6) is 0.895. The van der Waals surface area contributed by atoms with Crippen molar-refractivity contribution in [3.8, 4) is 5.75 Å². The van der Waals surface area contributed by atoms with Crippen molar-refractivity contribution < 1.29 is 9.53 Å². The number of anilines is 1. The van der Waals surface area contributed by atoms with Gasteiger partial charge in [0.05, 0.1) is 0 Å². The molecule has 0 radical (unpaired) electrons. The monoisotopic (exact) mass is 334 g/mol. The first-order valence-electron chi connectivity index (χ1n) is 8.75. The molecule has 24 heavy (non-hydrogen) atoms. The van der Waals surface area contributed by atoms with Crippen LogP contribution in [0.1, 0.15) is 12.8 Å². The zero-order chi connectivity index (χ0) is 17.2. The maximum Gasteiger partial charge on any atom is 0.224 e. The Bertz CT molecular complexity index is 484. The zero-order valence-electron chi connectivity index (χ0n) is 14.9. The summed E-state index contributed by atoms with van der Waals surface area (Å²) in [6.45, 7) is 6.98. The van der Waals surface area contributed by atoms with E-state index in [2.05, 4.69) is 27.5 Å². The Kier molecular flexibility index (Phi) is 8.01. The van der Waals surface area contributed by atoms with Gasteiger partial charge in [-0.2, -0.15) is 0 Å². The standard InChI is InChI=1S/C18H30N4O2/c1-19-9-3-4-18(23)20-16-5-7-17(8-6-16)24-15-14-22-12-10-21(2)11-13-22/h5-8,19H,3-4,9-15H2,1-2H3,(H,20,23). The summed E-state index contributed by atoms with van der Waals surface area (Å²) in [4.78, 5) is 16.5. The Morgan fingerprint density at radius 1 is 1.17 bits per heavy atom. The SMILES string of the molecule is CNCCCC(=O)Nc1ccc(OCCN2CCN(C)CC2)cc1. The first-order chi connectivity index (χ1) is 11.7. The molecular weight excluding hydrogens is 304 g/mol. The number of piperazine rings is 1. The van der Waals surface area contributed by atoms with Crippen molar-refractivity contribution in [2.24, 2.45) is 0 Å². The van der Waals surface area contributed by atoms with E-state index in [4.69, 9.17) is 4.74 Å². The molecule has 0 unspecified atom stereocenters. The average Bonchev–Trinajstić information content (AvgIpc) is 2.58. The van der Waals surface area contributed by atoms with E-state index in [0.29, 0.717) is 13.0 Å². The second-order valence-corrected chi connectivity index (χ2v) is 6.27. The van der Waals surface area contributed by atoms with Crippen LogP contribution in [0.25, 0.3) is 0 Å². The highest BCUT2D eigenvalue weighted by molar-refractivity contribution is 5.90. The third-order valence-electron chi connectivity index (χ3n) is 4.24. The maximum atomic E-state index is 11.8. The van der Waals surface area contributed by atoms with Crippen molar-refractivity contribution >= 4 is 11.6 Å². The van der Waals surface area contributed by atoms with E-state index < -0.39 is 0 Å². The summed E-state index contributed by atoms with van der Waals surface area (Å²) < 4.78 is 5.80. The van der Waals surface area contributed by atoms with Crippen molar-refractivity contribution in [3.05, 3.63) is 24.3 Å². The fourth-order valence-corrected chi connectivity index (χ4v) is 2.65. The lowest BCUT2D eigenvalue weighted by atomic mass is 10.2. The molecule has 6 heteroatoms. The summed E-state index contributed by atoms with van der Waals surface area (Å²) in [5, 5.41) is 5.94. The fourth-order valence-electron chi connectivity index (χ4n) is 2.65. The highest BCUT2D eigenvalue weighted by atomic mass is 16.5. The largest absolute Gasteiger partial charge is 0.492 e. The molecule has 6 nitrogen and oxygen atoms in total. The van der Waals surface area contributed by atoms with Gasteiger partial charge in [0.1, 0.15) is 12.4 Å². The Balaban J connectivity index is 1.65. The molecule has 1 aromatic carbocycles. The lowest BCUT2D eigenvalue weighted by molar-refractivity contribution is -0.116. The van der Waals surface area contributed by atoms with Gasteiger partial charge < -0.3 is 20.3 Å². The summed E-state index contributed by atoms with van der Waals surface area (Å²) in [5.41, 5.74) is 0.816. The van der Waals surface area contributed by atoms with Gasteiger partial charge in [0.2, 0.25) is 5.91 Å². The Hall–Kier alpha value is -1.63. The summed E-state index contributed by atoms with van der Waals surface area (Å²) in [6.07, 6.45) is 1.37. The minimum atomic E-state index is 0.0500. The molecule has 0 atom stereocenters. The number of likely N-dealkylation sites (N-methyl/N-ethyl adjacent to an activating group) is 1. The van der Waals surface area contributed by atoms with Gasteiger partial charge in [-0.25, -0.2) is 0 Å². The highest BCUT2D eigenvalue weighted by Gasteiger charge is 2.13. The molecular formula is C18H30N4O2. The molecule has 1 heterocycles. The lowest BCUT2D eigenvalue weighted by Crippen LogP contribution is -2.45. The number of rotatable bonds is 9. The first kappa shape index (κ1) is 18.7. The van der Waals surface area contributed by atoms with Gasteiger partial charge in [-0.1, -0.05) is 0 Å². The number of carbonyl (C=O) groups is 1. The maximum absolute atomic E-state index is 11.8. The Morgan fingerprint density at radius 2 is 1.88 bits per heavy atom. The van der Waals surface area contributed by atoms with Gasteiger partial charge in [0.15, 0.2) is 0 Å². The number of hydrogen-bond donors (Lipinski definition) is 2. The van der Waals surface area contributed by atoms with Gasteiger partial charge in [-0.05, 0) is 51.3 Å². The second kappa shape index (κ2) is 10.3. The molecule has 1 aliphatic rings. The van der Waals surface area contributed by atoms with Gasteiger partial charge in [0, 0.05) is 44.8 Å². The lowest BCUT2D eigenvalue weighted by Gasteiger charge is -2.32. The quantitative estimate of drug-likeness (QED) is 0.666. The Labute approximate surface area is 145 Å². The molecule has 1 saturated heterocycles. The average molecular weight is 334 g/mol. The molecule has 0 spiro atoms. The van der Waals surface area contributed by atoms with Crippen LogP contribution in [-0.4, -0.2) is 75.7 Å². The number of carbonyl (C=O) groups excluding carboxylic acids is 1. The summed E-state index contributed by atoms with van der Waals surface area (Å²) in [6, 6.07) is 7.60. The first-order valence-corrected chi connectivity index (χ1v) is 8.75. The van der Waals surface area contributed by atoms with Crippen LogP contribution in [0.3, 0.4) is 0 Å². The number of amides is 1. The van der Waals surface area contributed by atoms with E-state index in [1.807, 2.05) is 31.3 Å². The van der Waals surface area contributed by atoms with Crippen LogP contribution in [0.4, 0.5) is 5.69 Å². The topological polar surface area (TPSA) is 56.8 Å². The molecule has 134 valence electrons. The Morgan fingerprint density at radius 3 is 2.54 bits per heavy atom.